The third-order valence-electron chi connectivity index (χ3n) is 4.33. The average molecular weight is 319 g/mol. The zero-order valence-electron chi connectivity index (χ0n) is 13.4. The van der Waals surface area contributed by atoms with E-state index in [-0.39, 0.29) is 17.8 Å². The van der Waals surface area contributed by atoms with E-state index in [1.807, 2.05) is 6.07 Å². The van der Waals surface area contributed by atoms with Gasteiger partial charge >= 0.3 is 11.7 Å². The molecule has 0 saturated heterocycles. The van der Waals surface area contributed by atoms with Gasteiger partial charge in [-0.25, -0.2) is 14.3 Å². The van der Waals surface area contributed by atoms with Crippen LogP contribution in [0.15, 0.2) is 27.6 Å². The first-order chi connectivity index (χ1) is 11.1. The summed E-state index contributed by atoms with van der Waals surface area (Å²) in [5, 5.41) is 7.10. The zero-order valence-corrected chi connectivity index (χ0v) is 13.4. The Labute approximate surface area is 133 Å². The fraction of sp³-hybridized carbons (Fsp3) is 0.533. The van der Waals surface area contributed by atoms with Gasteiger partial charge in [0.25, 0.3) is 0 Å². The molecule has 0 aromatic carbocycles. The van der Waals surface area contributed by atoms with Crippen molar-refractivity contribution in [2.45, 2.75) is 38.4 Å². The number of nitrogens with one attached hydrogen (secondary N) is 1. The second-order valence-electron chi connectivity index (χ2n) is 5.80. The third kappa shape index (κ3) is 3.15. The van der Waals surface area contributed by atoms with E-state index < -0.39 is 0 Å². The lowest BCUT2D eigenvalue weighted by molar-refractivity contribution is 0.182. The number of rotatable bonds is 3. The molecule has 2 amide bonds. The number of furan rings is 1. The molecule has 23 heavy (non-hydrogen) atoms. The summed E-state index contributed by atoms with van der Waals surface area (Å²) in [6.45, 7) is 0.952. The van der Waals surface area contributed by atoms with Crippen molar-refractivity contribution in [3.8, 4) is 0 Å². The number of urea groups is 1. The Kier molecular flexibility index (Phi) is 4.22. The molecule has 0 aliphatic carbocycles. The molecule has 3 heterocycles. The van der Waals surface area contributed by atoms with Crippen LogP contribution in [0.1, 0.15) is 24.4 Å². The van der Waals surface area contributed by atoms with Crippen LogP contribution in [-0.2, 0) is 26.6 Å². The molecule has 3 rings (SSSR count). The van der Waals surface area contributed by atoms with Crippen LogP contribution in [0.4, 0.5) is 4.79 Å². The molecule has 1 N–H and O–H groups in total. The van der Waals surface area contributed by atoms with E-state index in [9.17, 15) is 9.59 Å². The van der Waals surface area contributed by atoms with Crippen molar-refractivity contribution in [1.82, 2.24) is 24.6 Å². The lowest BCUT2D eigenvalue weighted by Crippen LogP contribution is -2.43. The van der Waals surface area contributed by atoms with Crippen LogP contribution in [0.25, 0.3) is 0 Å². The SMILES string of the molecule is CN(C(=O)NCc1ccco1)C1CCc2nn(C)c(=O)n2CC1. The molecule has 1 atom stereocenters. The van der Waals surface area contributed by atoms with Gasteiger partial charge in [0.15, 0.2) is 0 Å². The molecule has 0 saturated carbocycles. The molecule has 8 nitrogen and oxygen atoms in total. The topological polar surface area (TPSA) is 85.3 Å². The number of hydrogen-bond acceptors (Lipinski definition) is 4. The van der Waals surface area contributed by atoms with Crippen LogP contribution < -0.4 is 11.0 Å². The maximum atomic E-state index is 12.3. The van der Waals surface area contributed by atoms with Gasteiger partial charge in [0.2, 0.25) is 0 Å². The van der Waals surface area contributed by atoms with Gasteiger partial charge < -0.3 is 14.6 Å². The molecule has 0 bridgehead atoms. The Morgan fingerprint density at radius 1 is 1.52 bits per heavy atom. The van der Waals surface area contributed by atoms with Gasteiger partial charge in [-0.3, -0.25) is 4.57 Å². The van der Waals surface area contributed by atoms with Gasteiger partial charge in [-0.2, -0.15) is 5.10 Å². The highest BCUT2D eigenvalue weighted by atomic mass is 16.3. The van der Waals surface area contributed by atoms with Gasteiger partial charge in [0.05, 0.1) is 12.8 Å². The van der Waals surface area contributed by atoms with Gasteiger partial charge in [-0.1, -0.05) is 0 Å². The molecule has 8 heteroatoms. The predicted molar refractivity (Wildman–Crippen MR) is 82.9 cm³/mol. The molecule has 1 unspecified atom stereocenters. The van der Waals surface area contributed by atoms with Gasteiger partial charge in [-0.15, -0.1) is 0 Å². The molecular weight excluding hydrogens is 298 g/mol. The van der Waals surface area contributed by atoms with Crippen molar-refractivity contribution < 1.29 is 9.21 Å². The summed E-state index contributed by atoms with van der Waals surface area (Å²) in [5.74, 6) is 1.51. The maximum Gasteiger partial charge on any atom is 0.345 e. The Bertz CT molecular complexity index is 731. The summed E-state index contributed by atoms with van der Waals surface area (Å²) in [5.41, 5.74) is -0.0921. The normalized spacial score (nSPS) is 17.4. The number of hydrogen-bond donors (Lipinski definition) is 1. The number of carbonyl (C=O) groups excluding carboxylic acids is 1. The molecule has 0 spiro atoms. The number of aryl methyl sites for hydroxylation is 2. The van der Waals surface area contributed by atoms with Crippen molar-refractivity contribution in [2.75, 3.05) is 7.05 Å². The summed E-state index contributed by atoms with van der Waals surface area (Å²) >= 11 is 0. The van der Waals surface area contributed by atoms with E-state index in [2.05, 4.69) is 10.4 Å². The van der Waals surface area contributed by atoms with E-state index in [1.165, 1.54) is 4.68 Å². The van der Waals surface area contributed by atoms with Crippen molar-refractivity contribution in [2.24, 2.45) is 7.05 Å². The highest BCUT2D eigenvalue weighted by Gasteiger charge is 2.25. The highest BCUT2D eigenvalue weighted by Crippen LogP contribution is 2.16. The number of aromatic nitrogens is 3. The molecular formula is C15H21N5O3. The van der Waals surface area contributed by atoms with Crippen LogP contribution in [0.2, 0.25) is 0 Å². The molecule has 0 fully saturated rings. The van der Waals surface area contributed by atoms with Crippen LogP contribution in [0, 0.1) is 0 Å². The first kappa shape index (κ1) is 15.4. The zero-order chi connectivity index (χ0) is 16.4. The van der Waals surface area contributed by atoms with Crippen LogP contribution in [0.5, 0.6) is 0 Å². The molecule has 2 aromatic rings. The molecule has 124 valence electrons. The van der Waals surface area contributed by atoms with Crippen molar-refractivity contribution in [1.29, 1.82) is 0 Å². The van der Waals surface area contributed by atoms with Crippen molar-refractivity contribution in [3.63, 3.8) is 0 Å². The highest BCUT2D eigenvalue weighted by molar-refractivity contribution is 5.74. The Hall–Kier alpha value is -2.51. The number of fused-ring (bicyclic) bond motifs is 1. The van der Waals surface area contributed by atoms with Gasteiger partial charge in [0.1, 0.15) is 11.6 Å². The van der Waals surface area contributed by atoms with Crippen molar-refractivity contribution in [3.05, 3.63) is 40.5 Å². The fourth-order valence-corrected chi connectivity index (χ4v) is 2.94. The van der Waals surface area contributed by atoms with E-state index in [0.29, 0.717) is 19.5 Å². The Balaban J connectivity index is 1.59. The largest absolute Gasteiger partial charge is 0.467 e. The number of amides is 2. The summed E-state index contributed by atoms with van der Waals surface area (Å²) in [7, 11) is 3.45. The average Bonchev–Trinajstić information content (AvgIpc) is 3.09. The lowest BCUT2D eigenvalue weighted by Gasteiger charge is -2.27. The monoisotopic (exact) mass is 319 g/mol. The van der Waals surface area contributed by atoms with Crippen LogP contribution >= 0.6 is 0 Å². The molecule has 1 aliphatic rings. The number of nitrogens with zero attached hydrogens (tertiary/aromatic N) is 4. The smallest absolute Gasteiger partial charge is 0.345 e. The first-order valence-electron chi connectivity index (χ1n) is 7.72. The van der Waals surface area contributed by atoms with E-state index in [4.69, 9.17) is 4.42 Å². The third-order valence-corrected chi connectivity index (χ3v) is 4.33. The van der Waals surface area contributed by atoms with Crippen LogP contribution in [0.3, 0.4) is 0 Å². The minimum atomic E-state index is -0.140. The quantitative estimate of drug-likeness (QED) is 0.903. The standard InChI is InChI=1S/C15H21N5O3/c1-18(14(21)16-10-12-4-3-9-23-12)11-5-6-13-17-19(2)15(22)20(13)8-7-11/h3-4,9,11H,5-8,10H2,1-2H3,(H,16,21). The lowest BCUT2D eigenvalue weighted by atomic mass is 10.1. The molecule has 2 aromatic heterocycles. The predicted octanol–water partition coefficient (Wildman–Crippen LogP) is 0.721. The first-order valence-corrected chi connectivity index (χ1v) is 7.72. The summed E-state index contributed by atoms with van der Waals surface area (Å²) in [6, 6.07) is 3.55. The van der Waals surface area contributed by atoms with E-state index in [0.717, 1.165) is 24.4 Å². The fourth-order valence-electron chi connectivity index (χ4n) is 2.94. The minimum Gasteiger partial charge on any atom is -0.467 e. The summed E-state index contributed by atoms with van der Waals surface area (Å²) in [4.78, 5) is 25.9. The Morgan fingerprint density at radius 2 is 2.35 bits per heavy atom. The summed E-state index contributed by atoms with van der Waals surface area (Å²) in [6.07, 6.45) is 3.80. The second kappa shape index (κ2) is 6.31. The van der Waals surface area contributed by atoms with E-state index in [1.54, 1.807) is 35.9 Å². The van der Waals surface area contributed by atoms with Gasteiger partial charge in [0, 0.05) is 33.1 Å². The minimum absolute atomic E-state index is 0.0815. The maximum absolute atomic E-state index is 12.3. The van der Waals surface area contributed by atoms with E-state index >= 15 is 0 Å². The van der Waals surface area contributed by atoms with Crippen molar-refractivity contribution >= 4 is 6.03 Å². The Morgan fingerprint density at radius 3 is 3.09 bits per heavy atom. The van der Waals surface area contributed by atoms with Gasteiger partial charge in [-0.05, 0) is 25.0 Å². The second-order valence-corrected chi connectivity index (χ2v) is 5.80. The molecule has 1 aliphatic heterocycles. The number of carbonyl (C=O) groups is 1. The molecule has 0 radical (unpaired) electrons. The van der Waals surface area contributed by atoms with Crippen LogP contribution in [-0.4, -0.2) is 38.4 Å². The summed E-state index contributed by atoms with van der Waals surface area (Å²) < 4.78 is 8.28.